The van der Waals surface area contributed by atoms with Gasteiger partial charge in [0.15, 0.2) is 0 Å². The topological polar surface area (TPSA) is 15.3 Å². The number of likely N-dealkylation sites (N-methyl/N-ethyl adjacent to an activating group) is 2. The summed E-state index contributed by atoms with van der Waals surface area (Å²) in [5.74, 6) is 0.959. The standard InChI is InChI=1S/C16H26N2/c1-4-18(12-14-10-11-14)13(2)16(17-3)15-8-6-5-7-9-15/h5-9,13-14,16-17H,4,10-12H2,1-3H3. The van der Waals surface area contributed by atoms with Gasteiger partial charge in [0, 0.05) is 18.6 Å². The van der Waals surface area contributed by atoms with Gasteiger partial charge in [0.2, 0.25) is 0 Å². The lowest BCUT2D eigenvalue weighted by Crippen LogP contribution is -2.42. The van der Waals surface area contributed by atoms with Crippen LogP contribution in [-0.4, -0.2) is 31.1 Å². The largest absolute Gasteiger partial charge is 0.312 e. The summed E-state index contributed by atoms with van der Waals surface area (Å²) in [4.78, 5) is 2.62. The fourth-order valence-corrected chi connectivity index (χ4v) is 2.77. The molecule has 18 heavy (non-hydrogen) atoms. The molecule has 1 N–H and O–H groups in total. The minimum Gasteiger partial charge on any atom is -0.312 e. The van der Waals surface area contributed by atoms with Gasteiger partial charge in [0.1, 0.15) is 0 Å². The van der Waals surface area contributed by atoms with Crippen LogP contribution in [0.3, 0.4) is 0 Å². The van der Waals surface area contributed by atoms with Crippen LogP contribution >= 0.6 is 0 Å². The second kappa shape index (κ2) is 6.35. The minimum absolute atomic E-state index is 0.421. The molecule has 0 amide bonds. The maximum absolute atomic E-state index is 3.48. The molecule has 2 nitrogen and oxygen atoms in total. The molecule has 0 aromatic heterocycles. The zero-order chi connectivity index (χ0) is 13.0. The van der Waals surface area contributed by atoms with Gasteiger partial charge in [-0.15, -0.1) is 0 Å². The molecule has 0 bridgehead atoms. The molecule has 0 radical (unpaired) electrons. The van der Waals surface area contributed by atoms with E-state index in [0.717, 1.165) is 12.5 Å². The third-order valence-corrected chi connectivity index (χ3v) is 4.12. The summed E-state index contributed by atoms with van der Waals surface area (Å²) in [6.07, 6.45) is 2.86. The lowest BCUT2D eigenvalue weighted by atomic mass is 9.99. The van der Waals surface area contributed by atoms with E-state index in [4.69, 9.17) is 0 Å². The van der Waals surface area contributed by atoms with E-state index in [1.807, 2.05) is 0 Å². The summed E-state index contributed by atoms with van der Waals surface area (Å²) < 4.78 is 0. The summed E-state index contributed by atoms with van der Waals surface area (Å²) in [5, 5.41) is 3.48. The fourth-order valence-electron chi connectivity index (χ4n) is 2.77. The first-order chi connectivity index (χ1) is 8.76. The van der Waals surface area contributed by atoms with Crippen LogP contribution in [0, 0.1) is 5.92 Å². The lowest BCUT2D eigenvalue weighted by molar-refractivity contribution is 0.174. The van der Waals surface area contributed by atoms with Crippen molar-refractivity contribution in [2.24, 2.45) is 5.92 Å². The minimum atomic E-state index is 0.421. The van der Waals surface area contributed by atoms with Gasteiger partial charge >= 0.3 is 0 Å². The molecule has 0 aliphatic heterocycles. The highest BCUT2D eigenvalue weighted by Crippen LogP contribution is 2.31. The van der Waals surface area contributed by atoms with Gasteiger partial charge in [-0.1, -0.05) is 37.3 Å². The first kappa shape index (κ1) is 13.6. The van der Waals surface area contributed by atoms with Crippen LogP contribution in [0.5, 0.6) is 0 Å². The highest BCUT2D eigenvalue weighted by Gasteiger charge is 2.29. The van der Waals surface area contributed by atoms with E-state index >= 15 is 0 Å². The van der Waals surface area contributed by atoms with E-state index in [9.17, 15) is 0 Å². The maximum Gasteiger partial charge on any atom is 0.0473 e. The van der Waals surface area contributed by atoms with Gasteiger partial charge in [-0.25, -0.2) is 0 Å². The number of nitrogens with one attached hydrogen (secondary N) is 1. The molecule has 1 aliphatic rings. The van der Waals surface area contributed by atoms with E-state index in [2.05, 4.69) is 61.4 Å². The molecule has 2 heteroatoms. The van der Waals surface area contributed by atoms with Gasteiger partial charge in [-0.3, -0.25) is 4.90 Å². The highest BCUT2D eigenvalue weighted by molar-refractivity contribution is 5.20. The Kier molecular flexibility index (Phi) is 4.79. The maximum atomic E-state index is 3.48. The first-order valence-corrected chi connectivity index (χ1v) is 7.22. The monoisotopic (exact) mass is 246 g/mol. The summed E-state index contributed by atoms with van der Waals surface area (Å²) in [7, 11) is 2.07. The Labute approximate surface area is 111 Å². The normalized spacial score (nSPS) is 18.9. The Morgan fingerprint density at radius 1 is 1.28 bits per heavy atom. The molecule has 0 spiro atoms. The van der Waals surface area contributed by atoms with E-state index in [-0.39, 0.29) is 0 Å². The van der Waals surface area contributed by atoms with Gasteiger partial charge < -0.3 is 5.32 Å². The van der Waals surface area contributed by atoms with Crippen molar-refractivity contribution in [3.05, 3.63) is 35.9 Å². The molecule has 0 heterocycles. The lowest BCUT2D eigenvalue weighted by Gasteiger charge is -2.34. The zero-order valence-electron chi connectivity index (χ0n) is 11.9. The van der Waals surface area contributed by atoms with Crippen molar-refractivity contribution in [1.29, 1.82) is 0 Å². The quantitative estimate of drug-likeness (QED) is 0.795. The Hall–Kier alpha value is -0.860. The molecule has 2 atom stereocenters. The molecular formula is C16H26N2. The van der Waals surface area contributed by atoms with Crippen LogP contribution in [0.2, 0.25) is 0 Å². The van der Waals surface area contributed by atoms with E-state index in [1.54, 1.807) is 0 Å². The molecule has 1 aromatic rings. The fraction of sp³-hybridized carbons (Fsp3) is 0.625. The number of nitrogens with zero attached hydrogens (tertiary/aromatic N) is 1. The molecule has 1 aliphatic carbocycles. The molecular weight excluding hydrogens is 220 g/mol. The smallest absolute Gasteiger partial charge is 0.0473 e. The van der Waals surface area contributed by atoms with Crippen LogP contribution < -0.4 is 5.32 Å². The van der Waals surface area contributed by atoms with Gasteiger partial charge in [0.25, 0.3) is 0 Å². The van der Waals surface area contributed by atoms with Crippen LogP contribution in [0.1, 0.15) is 38.3 Å². The average Bonchev–Trinajstić information content (AvgIpc) is 3.22. The SMILES string of the molecule is CCN(CC1CC1)C(C)C(NC)c1ccccc1. The van der Waals surface area contributed by atoms with Crippen LogP contribution in [-0.2, 0) is 0 Å². The predicted molar refractivity (Wildman–Crippen MR) is 77.7 cm³/mol. The molecule has 1 aromatic carbocycles. The molecule has 2 unspecified atom stereocenters. The van der Waals surface area contributed by atoms with Crippen LogP contribution in [0.25, 0.3) is 0 Å². The van der Waals surface area contributed by atoms with Crippen LogP contribution in [0.15, 0.2) is 30.3 Å². The molecule has 100 valence electrons. The first-order valence-electron chi connectivity index (χ1n) is 7.22. The number of benzene rings is 1. The van der Waals surface area contributed by atoms with E-state index in [1.165, 1.54) is 24.9 Å². The van der Waals surface area contributed by atoms with Crippen molar-refractivity contribution in [1.82, 2.24) is 10.2 Å². The summed E-state index contributed by atoms with van der Waals surface area (Å²) >= 11 is 0. The van der Waals surface area contributed by atoms with Gasteiger partial charge in [-0.05, 0) is 44.8 Å². The number of hydrogen-bond acceptors (Lipinski definition) is 2. The summed E-state index contributed by atoms with van der Waals surface area (Å²) in [6, 6.07) is 11.8. The molecule has 2 rings (SSSR count). The Bertz CT molecular complexity index is 345. The number of rotatable bonds is 7. The van der Waals surface area contributed by atoms with Crippen molar-refractivity contribution in [2.45, 2.75) is 38.8 Å². The Morgan fingerprint density at radius 2 is 1.94 bits per heavy atom. The van der Waals surface area contributed by atoms with E-state index in [0.29, 0.717) is 12.1 Å². The van der Waals surface area contributed by atoms with Gasteiger partial charge in [0.05, 0.1) is 0 Å². The van der Waals surface area contributed by atoms with Crippen molar-refractivity contribution in [3.8, 4) is 0 Å². The summed E-state index contributed by atoms with van der Waals surface area (Å²) in [5.41, 5.74) is 1.39. The average molecular weight is 246 g/mol. The van der Waals surface area contributed by atoms with Crippen molar-refractivity contribution in [3.63, 3.8) is 0 Å². The van der Waals surface area contributed by atoms with E-state index < -0.39 is 0 Å². The second-order valence-corrected chi connectivity index (χ2v) is 5.45. The third kappa shape index (κ3) is 3.33. The molecule has 1 fully saturated rings. The third-order valence-electron chi connectivity index (χ3n) is 4.12. The predicted octanol–water partition coefficient (Wildman–Crippen LogP) is 3.07. The Balaban J connectivity index is 2.05. The van der Waals surface area contributed by atoms with Crippen molar-refractivity contribution in [2.75, 3.05) is 20.1 Å². The number of hydrogen-bond donors (Lipinski definition) is 1. The highest BCUT2D eigenvalue weighted by atomic mass is 15.2. The van der Waals surface area contributed by atoms with Crippen molar-refractivity contribution >= 4 is 0 Å². The summed E-state index contributed by atoms with van der Waals surface area (Å²) in [6.45, 7) is 7.03. The molecule has 1 saturated carbocycles. The Morgan fingerprint density at radius 3 is 2.44 bits per heavy atom. The molecule has 0 saturated heterocycles. The zero-order valence-corrected chi connectivity index (χ0v) is 11.9. The van der Waals surface area contributed by atoms with Crippen LogP contribution in [0.4, 0.5) is 0 Å². The van der Waals surface area contributed by atoms with Crippen molar-refractivity contribution < 1.29 is 0 Å². The second-order valence-electron chi connectivity index (χ2n) is 5.45. The van der Waals surface area contributed by atoms with Gasteiger partial charge in [-0.2, -0.15) is 0 Å².